The van der Waals surface area contributed by atoms with Gasteiger partial charge in [-0.15, -0.1) is 0 Å². The van der Waals surface area contributed by atoms with Crippen LogP contribution >= 0.6 is 0 Å². The average Bonchev–Trinajstić information content (AvgIpc) is 4.11. The molecule has 11 aromatic carbocycles. The topological polar surface area (TPSA) is 56.7 Å². The molecular weight excluding hydrogens is 889 g/mol. The zero-order valence-electron chi connectivity index (χ0n) is 39.7. The molecule has 1 aliphatic rings. The van der Waals surface area contributed by atoms with E-state index in [9.17, 15) is 0 Å². The molecule has 0 saturated carbocycles. The highest BCUT2D eigenvalue weighted by atomic mass is 16.3. The van der Waals surface area contributed by atoms with Crippen molar-refractivity contribution < 1.29 is 4.42 Å². The molecular formula is C68H44N4O. The van der Waals surface area contributed by atoms with Crippen LogP contribution in [0.3, 0.4) is 0 Å². The van der Waals surface area contributed by atoms with Gasteiger partial charge in [0.2, 0.25) is 0 Å². The highest BCUT2D eigenvalue weighted by molar-refractivity contribution is 6.24. The van der Waals surface area contributed by atoms with Gasteiger partial charge in [0, 0.05) is 44.2 Å². The lowest BCUT2D eigenvalue weighted by atomic mass is 9.90. The Balaban J connectivity index is 1.000. The number of hydrogen-bond acceptors (Lipinski definition) is 4. The maximum absolute atomic E-state index is 7.09. The van der Waals surface area contributed by atoms with Crippen molar-refractivity contribution in [1.82, 2.24) is 19.5 Å². The first-order valence-electron chi connectivity index (χ1n) is 25.2. The van der Waals surface area contributed by atoms with E-state index >= 15 is 0 Å². The van der Waals surface area contributed by atoms with E-state index in [4.69, 9.17) is 19.4 Å². The predicted molar refractivity (Wildman–Crippen MR) is 300 cm³/mol. The summed E-state index contributed by atoms with van der Waals surface area (Å²) in [5, 5.41) is 9.16. The molecule has 342 valence electrons. The van der Waals surface area contributed by atoms with E-state index in [0.717, 1.165) is 84.7 Å². The molecule has 15 rings (SSSR count). The van der Waals surface area contributed by atoms with E-state index in [1.165, 1.54) is 54.7 Å². The second-order valence-corrected chi connectivity index (χ2v) is 19.4. The number of aromatic nitrogens is 4. The molecule has 0 N–H and O–H groups in total. The summed E-state index contributed by atoms with van der Waals surface area (Å²) in [5.74, 6) is 2.03. The molecule has 14 aromatic rings. The molecule has 1 atom stereocenters. The first kappa shape index (κ1) is 41.3. The van der Waals surface area contributed by atoms with Crippen LogP contribution in [0.1, 0.15) is 29.0 Å². The van der Waals surface area contributed by atoms with Crippen LogP contribution in [0.2, 0.25) is 0 Å². The standard InChI is InChI=1S/C68H44N4O/c1-3-16-42(17-4-1)30-33-53-51-26-11-12-27-52(51)58-40-49(31-34-54(53)58)67-69-66(48-24-15-23-45(38-48)43-18-5-2-6-19-43)70-68(71-67)57-36-35-56-55-28-13-14-29-62(55)73-65(56)64(57)72-60-37-32-44-20-9-10-25-50(44)63(60)59-39-46-21-7-8-22-47(46)41-61(59)72/h1-29,31-32,34-41,53H,30,33H2/t53-/m0/s1. The van der Waals surface area contributed by atoms with Gasteiger partial charge in [-0.3, -0.25) is 0 Å². The fraction of sp³-hybridized carbons (Fsp3) is 0.0441. The molecule has 5 nitrogen and oxygen atoms in total. The predicted octanol–water partition coefficient (Wildman–Crippen LogP) is 17.6. The smallest absolute Gasteiger partial charge is 0.166 e. The molecule has 0 amide bonds. The third-order valence-corrected chi connectivity index (χ3v) is 15.2. The zero-order chi connectivity index (χ0) is 48.0. The lowest BCUT2D eigenvalue weighted by Gasteiger charge is -2.16. The lowest BCUT2D eigenvalue weighted by Crippen LogP contribution is -2.04. The van der Waals surface area contributed by atoms with E-state index < -0.39 is 0 Å². The number of fused-ring (bicyclic) bond motifs is 12. The van der Waals surface area contributed by atoms with Crippen LogP contribution in [0.25, 0.3) is 127 Å². The van der Waals surface area contributed by atoms with Crippen molar-refractivity contribution >= 4 is 65.3 Å². The number of para-hydroxylation sites is 1. The maximum Gasteiger partial charge on any atom is 0.166 e. The van der Waals surface area contributed by atoms with Crippen molar-refractivity contribution in [3.63, 3.8) is 0 Å². The van der Waals surface area contributed by atoms with E-state index in [1.807, 2.05) is 6.07 Å². The summed E-state index contributed by atoms with van der Waals surface area (Å²) in [4.78, 5) is 16.5. The monoisotopic (exact) mass is 932 g/mol. The van der Waals surface area contributed by atoms with Crippen molar-refractivity contribution in [3.05, 3.63) is 253 Å². The molecule has 0 fully saturated rings. The third kappa shape index (κ3) is 6.73. The summed E-state index contributed by atoms with van der Waals surface area (Å²) in [6.07, 6.45) is 2.02. The Bertz CT molecular complexity index is 4510. The summed E-state index contributed by atoms with van der Waals surface area (Å²) < 4.78 is 9.49. The van der Waals surface area contributed by atoms with Crippen LogP contribution in [-0.4, -0.2) is 19.5 Å². The van der Waals surface area contributed by atoms with Gasteiger partial charge < -0.3 is 8.98 Å². The number of hydrogen-bond donors (Lipinski definition) is 0. The number of benzene rings is 11. The van der Waals surface area contributed by atoms with Crippen LogP contribution < -0.4 is 0 Å². The van der Waals surface area contributed by atoms with Crippen molar-refractivity contribution in [1.29, 1.82) is 0 Å². The molecule has 0 aliphatic heterocycles. The Labute approximate surface area is 421 Å². The van der Waals surface area contributed by atoms with Crippen LogP contribution in [-0.2, 0) is 6.42 Å². The van der Waals surface area contributed by atoms with Gasteiger partial charge in [0.1, 0.15) is 11.3 Å². The number of furan rings is 1. The summed E-state index contributed by atoms with van der Waals surface area (Å²) in [6, 6.07) is 84.9. The van der Waals surface area contributed by atoms with Crippen LogP contribution in [0, 0.1) is 0 Å². The number of nitrogens with zero attached hydrogens (tertiary/aromatic N) is 4. The van der Waals surface area contributed by atoms with Crippen molar-refractivity contribution in [2.24, 2.45) is 0 Å². The highest BCUT2D eigenvalue weighted by Crippen LogP contribution is 2.49. The van der Waals surface area contributed by atoms with Gasteiger partial charge in [-0.05, 0) is 122 Å². The van der Waals surface area contributed by atoms with Gasteiger partial charge >= 0.3 is 0 Å². The Hall–Kier alpha value is -9.45. The van der Waals surface area contributed by atoms with Gasteiger partial charge in [-0.1, -0.05) is 188 Å². The van der Waals surface area contributed by atoms with Crippen LogP contribution in [0.4, 0.5) is 0 Å². The Morgan fingerprint density at radius 2 is 1.04 bits per heavy atom. The molecule has 0 saturated heterocycles. The minimum Gasteiger partial charge on any atom is -0.454 e. The fourth-order valence-corrected chi connectivity index (χ4v) is 11.8. The second kappa shape index (κ2) is 16.6. The highest BCUT2D eigenvalue weighted by Gasteiger charge is 2.30. The number of rotatable bonds is 8. The van der Waals surface area contributed by atoms with E-state index in [1.54, 1.807) is 0 Å². The van der Waals surface area contributed by atoms with Crippen LogP contribution in [0.15, 0.2) is 241 Å². The normalized spacial score (nSPS) is 13.2. The summed E-state index contributed by atoms with van der Waals surface area (Å²) in [7, 11) is 0. The van der Waals surface area contributed by atoms with E-state index in [-0.39, 0.29) is 5.92 Å². The van der Waals surface area contributed by atoms with Gasteiger partial charge in [0.15, 0.2) is 23.1 Å². The molecule has 3 heterocycles. The Morgan fingerprint density at radius 1 is 0.384 bits per heavy atom. The average molecular weight is 933 g/mol. The number of aryl methyl sites for hydroxylation is 1. The maximum atomic E-state index is 7.09. The van der Waals surface area contributed by atoms with Crippen molar-refractivity contribution in [2.75, 3.05) is 0 Å². The summed E-state index contributed by atoms with van der Waals surface area (Å²) in [6.45, 7) is 0. The molecule has 0 radical (unpaired) electrons. The van der Waals surface area contributed by atoms with Crippen molar-refractivity contribution in [2.45, 2.75) is 18.8 Å². The first-order chi connectivity index (χ1) is 36.2. The minimum absolute atomic E-state index is 0.282. The fourth-order valence-electron chi connectivity index (χ4n) is 11.8. The lowest BCUT2D eigenvalue weighted by molar-refractivity contribution is 0.666. The second-order valence-electron chi connectivity index (χ2n) is 19.4. The molecule has 5 heteroatoms. The van der Waals surface area contributed by atoms with Gasteiger partial charge in [-0.25, -0.2) is 15.0 Å². The molecule has 1 aliphatic carbocycles. The Morgan fingerprint density at radius 3 is 1.89 bits per heavy atom. The molecule has 3 aromatic heterocycles. The Kier molecular flexibility index (Phi) is 9.39. The van der Waals surface area contributed by atoms with Gasteiger partial charge in [-0.2, -0.15) is 0 Å². The van der Waals surface area contributed by atoms with Gasteiger partial charge in [0.05, 0.1) is 11.0 Å². The zero-order valence-corrected chi connectivity index (χ0v) is 39.7. The minimum atomic E-state index is 0.282. The van der Waals surface area contributed by atoms with Crippen LogP contribution in [0.5, 0.6) is 0 Å². The third-order valence-electron chi connectivity index (χ3n) is 15.2. The van der Waals surface area contributed by atoms with E-state index in [0.29, 0.717) is 17.5 Å². The SMILES string of the molecule is c1ccc(CC[C@H]2c3ccccc3-c3cc(-c4nc(-c5cccc(-c6ccccc6)c5)nc(-c5ccc6c(oc7ccccc76)c5-n5c6cc7ccccc7cc6c6c7ccccc7ccc65)n4)ccc32)cc1. The van der Waals surface area contributed by atoms with E-state index in [2.05, 4.69) is 235 Å². The largest absolute Gasteiger partial charge is 0.454 e. The van der Waals surface area contributed by atoms with Crippen molar-refractivity contribution in [3.8, 4) is 62.1 Å². The van der Waals surface area contributed by atoms with Gasteiger partial charge in [0.25, 0.3) is 0 Å². The first-order valence-corrected chi connectivity index (χ1v) is 25.2. The summed E-state index contributed by atoms with van der Waals surface area (Å²) in [5.41, 5.74) is 16.1. The quantitative estimate of drug-likeness (QED) is 0.152. The summed E-state index contributed by atoms with van der Waals surface area (Å²) >= 11 is 0. The molecule has 0 bridgehead atoms. The molecule has 0 spiro atoms. The molecule has 0 unspecified atom stereocenters. The molecule has 73 heavy (non-hydrogen) atoms.